The summed E-state index contributed by atoms with van der Waals surface area (Å²) < 4.78 is 6.22. The highest BCUT2D eigenvalue weighted by Gasteiger charge is 2.35. The van der Waals surface area contributed by atoms with Crippen molar-refractivity contribution in [3.63, 3.8) is 0 Å². The minimum atomic E-state index is -0.921. The van der Waals surface area contributed by atoms with Crippen LogP contribution in [0.4, 0.5) is 0 Å². The maximum absolute atomic E-state index is 12.9. The predicted molar refractivity (Wildman–Crippen MR) is 132 cm³/mol. The van der Waals surface area contributed by atoms with Gasteiger partial charge in [-0.1, -0.05) is 29.8 Å². The van der Waals surface area contributed by atoms with Crippen LogP contribution in [0.15, 0.2) is 46.9 Å². The lowest BCUT2D eigenvalue weighted by Crippen LogP contribution is -2.44. The van der Waals surface area contributed by atoms with Gasteiger partial charge in [0.2, 0.25) is 0 Å². The zero-order chi connectivity index (χ0) is 24.3. The van der Waals surface area contributed by atoms with Gasteiger partial charge in [-0.2, -0.15) is 0 Å². The van der Waals surface area contributed by atoms with E-state index < -0.39 is 17.9 Å². The van der Waals surface area contributed by atoms with E-state index in [2.05, 4.69) is 15.5 Å². The highest BCUT2D eigenvalue weighted by atomic mass is 35.5. The Morgan fingerprint density at radius 3 is 2.54 bits per heavy atom. The molecule has 2 amide bonds. The molecule has 4 aromatic rings. The van der Waals surface area contributed by atoms with Crippen molar-refractivity contribution in [1.82, 2.24) is 15.5 Å². The van der Waals surface area contributed by atoms with Crippen LogP contribution >= 0.6 is 11.6 Å². The van der Waals surface area contributed by atoms with Crippen LogP contribution in [0.2, 0.25) is 5.02 Å². The molecular formula is C26H22ClN3O5. The second kappa shape index (κ2) is 8.35. The Hall–Kier alpha value is -3.43. The van der Waals surface area contributed by atoms with Crippen LogP contribution in [0.1, 0.15) is 32.4 Å². The van der Waals surface area contributed by atoms with Crippen LogP contribution in [0, 0.1) is 0 Å². The van der Waals surface area contributed by atoms with Crippen LogP contribution < -0.4 is 10.6 Å². The molecule has 1 saturated heterocycles. The Labute approximate surface area is 205 Å². The van der Waals surface area contributed by atoms with Gasteiger partial charge in [0.05, 0.1) is 17.2 Å². The molecule has 2 aliphatic heterocycles. The number of benzene rings is 3. The molecule has 4 N–H and O–H groups in total. The number of rotatable bonds is 4. The number of amides is 2. The number of aliphatic hydroxyl groups is 1. The molecule has 6 rings (SSSR count). The van der Waals surface area contributed by atoms with E-state index in [1.165, 1.54) is 12.1 Å². The number of hydrogen-bond acceptors (Lipinski definition) is 7. The molecule has 9 heteroatoms. The molecule has 1 fully saturated rings. The summed E-state index contributed by atoms with van der Waals surface area (Å²) in [5.74, 6) is -1.13. The third-order valence-electron chi connectivity index (χ3n) is 6.72. The van der Waals surface area contributed by atoms with Gasteiger partial charge >= 0.3 is 0 Å². The minimum Gasteiger partial charge on any atom is -0.508 e. The number of aliphatic hydroxyl groups excluding tert-OH is 1. The summed E-state index contributed by atoms with van der Waals surface area (Å²) in [5.41, 5.74) is 2.62. The van der Waals surface area contributed by atoms with E-state index in [1.54, 1.807) is 30.3 Å². The van der Waals surface area contributed by atoms with Crippen molar-refractivity contribution in [2.24, 2.45) is 0 Å². The number of phenolic OH excluding ortho intramolecular Hbond substituents is 1. The number of nitrogens with one attached hydrogen (secondary N) is 2. The molecule has 0 aliphatic carbocycles. The number of carbonyl (C=O) groups excluding carboxylic acids is 2. The minimum absolute atomic E-state index is 0.0665. The molecule has 3 heterocycles. The topological polar surface area (TPSA) is 115 Å². The highest BCUT2D eigenvalue weighted by molar-refractivity contribution is 6.35. The van der Waals surface area contributed by atoms with Crippen LogP contribution in [0.5, 0.6) is 5.75 Å². The van der Waals surface area contributed by atoms with Gasteiger partial charge in [-0.15, -0.1) is 0 Å². The first-order chi connectivity index (χ1) is 16.9. The standard InChI is InChI=1S/C26H22ClN3O5/c27-18-4-2-1-3-14(18)15-11-20-21(23-22(15)25(33)29-26(23)34)17-10-13(31)9-16(24(17)35-20)19(32)12-30-7-5-28-6-8-30/h1-4,9-11,19,28,31-32H,5-8,12H2,(H,29,33,34). The quantitative estimate of drug-likeness (QED) is 0.323. The average molecular weight is 492 g/mol. The predicted octanol–water partition coefficient (Wildman–Crippen LogP) is 3.43. The third-order valence-corrected chi connectivity index (χ3v) is 7.05. The number of phenols is 1. The Morgan fingerprint density at radius 1 is 1.03 bits per heavy atom. The molecule has 0 spiro atoms. The van der Waals surface area contributed by atoms with Crippen molar-refractivity contribution >= 4 is 45.4 Å². The molecule has 1 aromatic heterocycles. The van der Waals surface area contributed by atoms with Gasteiger partial charge in [-0.25, -0.2) is 0 Å². The monoisotopic (exact) mass is 491 g/mol. The number of imide groups is 1. The smallest absolute Gasteiger partial charge is 0.259 e. The first-order valence-corrected chi connectivity index (χ1v) is 11.8. The normalized spacial score (nSPS) is 17.2. The maximum atomic E-state index is 12.9. The molecule has 0 radical (unpaired) electrons. The second-order valence-corrected chi connectivity index (χ2v) is 9.30. The highest BCUT2D eigenvalue weighted by Crippen LogP contribution is 2.44. The second-order valence-electron chi connectivity index (χ2n) is 8.89. The summed E-state index contributed by atoms with van der Waals surface area (Å²) in [4.78, 5) is 27.9. The lowest BCUT2D eigenvalue weighted by Gasteiger charge is -2.29. The van der Waals surface area contributed by atoms with E-state index in [0.29, 0.717) is 50.2 Å². The number of carbonyl (C=O) groups is 2. The molecule has 2 aliphatic rings. The summed E-state index contributed by atoms with van der Waals surface area (Å²) in [6.45, 7) is 3.66. The maximum Gasteiger partial charge on any atom is 0.259 e. The first kappa shape index (κ1) is 22.1. The molecule has 8 nitrogen and oxygen atoms in total. The molecule has 3 aromatic carbocycles. The summed E-state index contributed by atoms with van der Waals surface area (Å²) in [5, 5.41) is 28.6. The molecule has 0 saturated carbocycles. The van der Waals surface area contributed by atoms with Crippen molar-refractivity contribution in [3.8, 4) is 16.9 Å². The fourth-order valence-corrected chi connectivity index (χ4v) is 5.36. The molecule has 35 heavy (non-hydrogen) atoms. The van der Waals surface area contributed by atoms with Crippen LogP contribution in [-0.2, 0) is 0 Å². The van der Waals surface area contributed by atoms with Crippen molar-refractivity contribution < 1.29 is 24.2 Å². The zero-order valence-electron chi connectivity index (χ0n) is 18.6. The van der Waals surface area contributed by atoms with Gasteiger partial charge in [0.25, 0.3) is 11.8 Å². The average Bonchev–Trinajstić information content (AvgIpc) is 3.35. The number of hydrogen-bond donors (Lipinski definition) is 4. The van der Waals surface area contributed by atoms with Gasteiger partial charge in [-0.05, 0) is 24.3 Å². The summed E-state index contributed by atoms with van der Waals surface area (Å²) in [6, 6.07) is 11.7. The molecule has 178 valence electrons. The third kappa shape index (κ3) is 3.57. The van der Waals surface area contributed by atoms with Gasteiger partial charge in [0.1, 0.15) is 16.9 Å². The molecule has 1 unspecified atom stereocenters. The van der Waals surface area contributed by atoms with Gasteiger partial charge < -0.3 is 19.9 Å². The fourth-order valence-electron chi connectivity index (χ4n) is 5.12. The van der Waals surface area contributed by atoms with E-state index in [0.717, 1.165) is 26.2 Å². The Kier molecular flexibility index (Phi) is 5.26. The molecule has 1 atom stereocenters. The van der Waals surface area contributed by atoms with Crippen molar-refractivity contribution in [2.45, 2.75) is 6.10 Å². The lowest BCUT2D eigenvalue weighted by molar-refractivity contribution is 0.0880. The number of nitrogens with zero attached hydrogens (tertiary/aromatic N) is 1. The molecule has 0 bridgehead atoms. The summed E-state index contributed by atoms with van der Waals surface area (Å²) >= 11 is 6.43. The SMILES string of the molecule is O=C1NC(=O)c2c1c(-c1ccccc1Cl)cc1oc3c(C(O)CN4CCNCC4)cc(O)cc3c21. The summed E-state index contributed by atoms with van der Waals surface area (Å²) in [6.07, 6.45) is -0.921. The van der Waals surface area contributed by atoms with Crippen LogP contribution in [0.3, 0.4) is 0 Å². The largest absolute Gasteiger partial charge is 0.508 e. The van der Waals surface area contributed by atoms with Gasteiger partial charge in [-0.3, -0.25) is 19.8 Å². The van der Waals surface area contributed by atoms with Crippen molar-refractivity contribution in [1.29, 1.82) is 0 Å². The Bertz CT molecular complexity index is 1520. The number of halogens is 1. The number of fused-ring (bicyclic) bond motifs is 5. The lowest BCUT2D eigenvalue weighted by atomic mass is 9.92. The van der Waals surface area contributed by atoms with Crippen LogP contribution in [-0.4, -0.2) is 59.7 Å². The zero-order valence-corrected chi connectivity index (χ0v) is 19.4. The van der Waals surface area contributed by atoms with Gasteiger partial charge in [0.15, 0.2) is 0 Å². The van der Waals surface area contributed by atoms with Crippen molar-refractivity contribution in [3.05, 3.63) is 64.2 Å². The first-order valence-electron chi connectivity index (χ1n) is 11.4. The van der Waals surface area contributed by atoms with Gasteiger partial charge in [0, 0.05) is 65.2 Å². The van der Waals surface area contributed by atoms with E-state index >= 15 is 0 Å². The number of piperazine rings is 1. The number of furan rings is 1. The van der Waals surface area contributed by atoms with E-state index in [1.807, 2.05) is 0 Å². The summed E-state index contributed by atoms with van der Waals surface area (Å²) in [7, 11) is 0. The number of aromatic hydroxyl groups is 1. The Balaban J connectivity index is 1.59. The fraction of sp³-hybridized carbons (Fsp3) is 0.231. The molecular weight excluding hydrogens is 470 g/mol. The van der Waals surface area contributed by atoms with Crippen LogP contribution in [0.25, 0.3) is 33.1 Å². The van der Waals surface area contributed by atoms with Crippen molar-refractivity contribution in [2.75, 3.05) is 32.7 Å². The van der Waals surface area contributed by atoms with E-state index in [-0.39, 0.29) is 16.9 Å². The van der Waals surface area contributed by atoms with E-state index in [4.69, 9.17) is 16.0 Å². The Morgan fingerprint density at radius 2 is 1.77 bits per heavy atom. The number of β-amino-alcohol motifs (C(OH)–C–C–N with tert-alkyl or cyclic N) is 1. The van der Waals surface area contributed by atoms with E-state index in [9.17, 15) is 19.8 Å².